The minimum absolute atomic E-state index is 0.0960. The number of rotatable bonds is 2. The lowest BCUT2D eigenvalue weighted by atomic mass is 9.49. The van der Waals surface area contributed by atoms with Crippen molar-refractivity contribution in [3.05, 3.63) is 28.8 Å². The molecule has 0 aromatic heterocycles. The summed E-state index contributed by atoms with van der Waals surface area (Å²) in [5.74, 6) is -13.0. The Bertz CT molecular complexity index is 1130. The molecule has 0 saturated heterocycles. The van der Waals surface area contributed by atoms with E-state index in [-0.39, 0.29) is 11.3 Å². The standard InChI is InChI=1S/C23H26N2O8/c1-7-5-6-9-8(2)10-12(17(27)11(9)16(7)26)20(30)23(33)14(18(10)28)15(25(3)4)19(29)13(21(23)31)22(24)32/h5-6,8,10,12-15,18,26,28,33H,1-4H3,(H2,24,32). The number of nitrogens with two attached hydrogens (primary N) is 1. The van der Waals surface area contributed by atoms with Gasteiger partial charge in [0, 0.05) is 5.92 Å². The molecule has 1 aromatic carbocycles. The Morgan fingerprint density at radius 2 is 1.73 bits per heavy atom. The van der Waals surface area contributed by atoms with E-state index in [9.17, 15) is 39.3 Å². The fraction of sp³-hybridized carbons (Fsp3) is 0.522. The fourth-order valence-corrected chi connectivity index (χ4v) is 6.09. The number of Topliss-reactive ketones (excluding diaryl/α,β-unsaturated/α-hetero) is 4. The Morgan fingerprint density at radius 1 is 1.12 bits per heavy atom. The van der Waals surface area contributed by atoms with Crippen molar-refractivity contribution in [2.45, 2.75) is 37.5 Å². The van der Waals surface area contributed by atoms with Crippen molar-refractivity contribution in [1.29, 1.82) is 0 Å². The summed E-state index contributed by atoms with van der Waals surface area (Å²) >= 11 is 0. The predicted molar refractivity (Wildman–Crippen MR) is 112 cm³/mol. The van der Waals surface area contributed by atoms with E-state index in [0.29, 0.717) is 11.1 Å². The third-order valence-corrected chi connectivity index (χ3v) is 7.69. The zero-order valence-electron chi connectivity index (χ0n) is 18.6. The second-order valence-corrected chi connectivity index (χ2v) is 9.56. The van der Waals surface area contributed by atoms with E-state index >= 15 is 0 Å². The summed E-state index contributed by atoms with van der Waals surface area (Å²) in [6.07, 6.45) is -1.62. The molecule has 0 aliphatic heterocycles. The van der Waals surface area contributed by atoms with Gasteiger partial charge in [-0.3, -0.25) is 28.9 Å². The molecule has 176 valence electrons. The number of carbonyl (C=O) groups excluding carboxylic acids is 5. The van der Waals surface area contributed by atoms with E-state index in [1.807, 2.05) is 0 Å². The minimum atomic E-state index is -2.98. The highest BCUT2D eigenvalue weighted by Gasteiger charge is 2.72. The molecule has 3 aliphatic rings. The summed E-state index contributed by atoms with van der Waals surface area (Å²) in [6, 6.07) is 1.87. The normalized spacial score (nSPS) is 38.1. The van der Waals surface area contributed by atoms with Crippen LogP contribution in [0.15, 0.2) is 12.1 Å². The number of aliphatic hydroxyl groups excluding tert-OH is 1. The van der Waals surface area contributed by atoms with Crippen LogP contribution in [0.3, 0.4) is 0 Å². The molecule has 0 bridgehead atoms. The molecule has 0 radical (unpaired) electrons. The number of ketones is 4. The van der Waals surface area contributed by atoms with Crippen molar-refractivity contribution < 1.29 is 39.3 Å². The number of aliphatic hydroxyl groups is 2. The van der Waals surface area contributed by atoms with Gasteiger partial charge >= 0.3 is 0 Å². The molecule has 8 atom stereocenters. The number of aromatic hydroxyl groups is 1. The first-order valence-corrected chi connectivity index (χ1v) is 10.6. The fourth-order valence-electron chi connectivity index (χ4n) is 6.09. The van der Waals surface area contributed by atoms with E-state index in [1.54, 1.807) is 26.0 Å². The molecule has 10 nitrogen and oxygen atoms in total. The summed E-state index contributed by atoms with van der Waals surface area (Å²) in [7, 11) is 2.90. The third-order valence-electron chi connectivity index (χ3n) is 7.69. The minimum Gasteiger partial charge on any atom is -0.507 e. The van der Waals surface area contributed by atoms with Gasteiger partial charge in [0.15, 0.2) is 34.7 Å². The predicted octanol–water partition coefficient (Wildman–Crippen LogP) is -1.29. The number of phenols is 1. The zero-order valence-corrected chi connectivity index (χ0v) is 18.6. The molecule has 0 heterocycles. The van der Waals surface area contributed by atoms with Gasteiger partial charge in [-0.05, 0) is 38.1 Å². The van der Waals surface area contributed by atoms with Crippen LogP contribution < -0.4 is 5.73 Å². The lowest BCUT2D eigenvalue weighted by molar-refractivity contribution is -0.196. The molecule has 2 saturated carbocycles. The summed E-state index contributed by atoms with van der Waals surface area (Å²) in [5.41, 5.74) is 3.02. The van der Waals surface area contributed by atoms with Gasteiger partial charge in [0.25, 0.3) is 0 Å². The topological polar surface area (TPSA) is 175 Å². The molecule has 5 N–H and O–H groups in total. The van der Waals surface area contributed by atoms with E-state index in [1.165, 1.54) is 19.0 Å². The second kappa shape index (κ2) is 7.28. The first-order chi connectivity index (χ1) is 15.3. The van der Waals surface area contributed by atoms with Gasteiger partial charge in [0.05, 0.1) is 29.5 Å². The van der Waals surface area contributed by atoms with Gasteiger partial charge in [0.2, 0.25) is 5.91 Å². The van der Waals surface area contributed by atoms with Crippen molar-refractivity contribution in [2.24, 2.45) is 29.4 Å². The molecular formula is C23H26N2O8. The lowest BCUT2D eigenvalue weighted by Gasteiger charge is -2.56. The van der Waals surface area contributed by atoms with Crippen molar-refractivity contribution in [3.8, 4) is 5.75 Å². The number of carbonyl (C=O) groups is 5. The molecule has 10 heteroatoms. The Hall–Kier alpha value is -2.95. The number of hydrogen-bond donors (Lipinski definition) is 4. The average Bonchev–Trinajstić information content (AvgIpc) is 2.72. The van der Waals surface area contributed by atoms with Crippen LogP contribution in [0.5, 0.6) is 5.75 Å². The van der Waals surface area contributed by atoms with E-state index in [2.05, 4.69) is 0 Å². The number of phenolic OH excluding ortho intramolecular Hbond substituents is 1. The highest BCUT2D eigenvalue weighted by atomic mass is 16.3. The molecule has 8 unspecified atom stereocenters. The number of amides is 1. The highest BCUT2D eigenvalue weighted by molar-refractivity contribution is 6.32. The molecule has 1 amide bonds. The first-order valence-electron chi connectivity index (χ1n) is 10.6. The number of primary amides is 1. The maximum atomic E-state index is 13.7. The van der Waals surface area contributed by atoms with Crippen LogP contribution >= 0.6 is 0 Å². The van der Waals surface area contributed by atoms with E-state index in [0.717, 1.165) is 0 Å². The van der Waals surface area contributed by atoms with Crippen LogP contribution in [0.2, 0.25) is 0 Å². The molecule has 0 spiro atoms. The lowest BCUT2D eigenvalue weighted by Crippen LogP contribution is -2.77. The summed E-state index contributed by atoms with van der Waals surface area (Å²) < 4.78 is 0. The van der Waals surface area contributed by atoms with Crippen molar-refractivity contribution in [1.82, 2.24) is 4.90 Å². The average molecular weight is 458 g/mol. The van der Waals surface area contributed by atoms with Crippen LogP contribution in [-0.4, -0.2) is 81.1 Å². The van der Waals surface area contributed by atoms with Gasteiger partial charge in [-0.1, -0.05) is 19.1 Å². The number of nitrogens with zero attached hydrogens (tertiary/aromatic N) is 1. The van der Waals surface area contributed by atoms with Gasteiger partial charge in [-0.15, -0.1) is 0 Å². The van der Waals surface area contributed by atoms with Gasteiger partial charge in [-0.2, -0.15) is 0 Å². The zero-order chi connectivity index (χ0) is 24.7. The van der Waals surface area contributed by atoms with Crippen LogP contribution in [0.1, 0.15) is 34.3 Å². The molecule has 33 heavy (non-hydrogen) atoms. The smallest absolute Gasteiger partial charge is 0.235 e. The Balaban J connectivity index is 1.97. The van der Waals surface area contributed by atoms with Crippen molar-refractivity contribution in [3.63, 3.8) is 0 Å². The van der Waals surface area contributed by atoms with Crippen LogP contribution in [0.25, 0.3) is 0 Å². The Kier molecular flexibility index (Phi) is 5.12. The number of hydrogen-bond acceptors (Lipinski definition) is 9. The molecule has 1 aromatic rings. The molecule has 4 rings (SSSR count). The number of aryl methyl sites for hydroxylation is 1. The number of fused-ring (bicyclic) bond motifs is 3. The first kappa shape index (κ1) is 23.2. The maximum absolute atomic E-state index is 13.7. The van der Waals surface area contributed by atoms with Crippen LogP contribution in [0, 0.1) is 30.6 Å². The largest absolute Gasteiger partial charge is 0.507 e. The Labute approximate surface area is 189 Å². The molecule has 2 fully saturated rings. The Morgan fingerprint density at radius 3 is 2.27 bits per heavy atom. The number of likely N-dealkylation sites (N-methyl/N-ethyl adjacent to an activating group) is 1. The van der Waals surface area contributed by atoms with Crippen molar-refractivity contribution in [2.75, 3.05) is 14.1 Å². The van der Waals surface area contributed by atoms with Gasteiger partial charge < -0.3 is 21.1 Å². The summed E-state index contributed by atoms with van der Waals surface area (Å²) in [5, 5.41) is 33.5. The van der Waals surface area contributed by atoms with Gasteiger partial charge in [-0.25, -0.2) is 0 Å². The molecular weight excluding hydrogens is 432 g/mol. The van der Waals surface area contributed by atoms with Gasteiger partial charge in [0.1, 0.15) is 5.75 Å². The SMILES string of the molecule is Cc1ccc2c(c1O)C(=O)C1C(=O)C3(O)C(=O)C(C(N)=O)C(=O)C(N(C)C)C3C(O)C1C2C. The monoisotopic (exact) mass is 458 g/mol. The third kappa shape index (κ3) is 2.74. The van der Waals surface area contributed by atoms with E-state index < -0.39 is 76.4 Å². The maximum Gasteiger partial charge on any atom is 0.235 e. The van der Waals surface area contributed by atoms with Crippen LogP contribution in [0.4, 0.5) is 0 Å². The van der Waals surface area contributed by atoms with E-state index in [4.69, 9.17) is 5.73 Å². The van der Waals surface area contributed by atoms with Crippen LogP contribution in [-0.2, 0) is 19.2 Å². The molecule has 3 aliphatic carbocycles. The highest BCUT2D eigenvalue weighted by Crippen LogP contribution is 2.54. The second-order valence-electron chi connectivity index (χ2n) is 9.56. The van der Waals surface area contributed by atoms with Crippen molar-refractivity contribution >= 4 is 29.0 Å². The quantitative estimate of drug-likeness (QED) is 0.393. The summed E-state index contributed by atoms with van der Waals surface area (Å²) in [4.78, 5) is 66.7. The summed E-state index contributed by atoms with van der Waals surface area (Å²) in [6.45, 7) is 3.25. The number of benzene rings is 1.